The molecule has 146 valence electrons. The number of rotatable bonds is 3. The number of nitrogens with one attached hydrogen (secondary N) is 2. The molecule has 28 heavy (non-hydrogen) atoms. The summed E-state index contributed by atoms with van der Waals surface area (Å²) in [5, 5.41) is 5.83. The van der Waals surface area contributed by atoms with Crippen molar-refractivity contribution in [2.75, 3.05) is 18.4 Å². The Hall–Kier alpha value is -2.25. The van der Waals surface area contributed by atoms with E-state index in [9.17, 15) is 9.59 Å². The summed E-state index contributed by atoms with van der Waals surface area (Å²) >= 11 is 8.58. The lowest BCUT2D eigenvalue weighted by Crippen LogP contribution is -2.34. The lowest BCUT2D eigenvalue weighted by atomic mass is 10.1. The van der Waals surface area contributed by atoms with Gasteiger partial charge in [-0.2, -0.15) is 0 Å². The summed E-state index contributed by atoms with van der Waals surface area (Å²) in [7, 11) is 0. The Morgan fingerprint density at radius 1 is 0.929 bits per heavy atom. The number of halogens is 1. The Morgan fingerprint density at radius 3 is 2.29 bits per heavy atom. The highest BCUT2D eigenvalue weighted by molar-refractivity contribution is 9.10. The summed E-state index contributed by atoms with van der Waals surface area (Å²) in [6, 6.07) is 14.2. The molecular formula is C21H22BrN3O2S. The Kier molecular flexibility index (Phi) is 7.17. The van der Waals surface area contributed by atoms with E-state index in [2.05, 4.69) is 26.6 Å². The minimum Gasteiger partial charge on any atom is -0.339 e. The van der Waals surface area contributed by atoms with E-state index in [-0.39, 0.29) is 16.9 Å². The summed E-state index contributed by atoms with van der Waals surface area (Å²) in [4.78, 5) is 26.9. The summed E-state index contributed by atoms with van der Waals surface area (Å²) in [6.45, 7) is 1.61. The van der Waals surface area contributed by atoms with Crippen LogP contribution in [0.15, 0.2) is 53.0 Å². The first-order valence-corrected chi connectivity index (χ1v) is 10.5. The maximum Gasteiger partial charge on any atom is 0.257 e. The first-order valence-electron chi connectivity index (χ1n) is 9.30. The molecule has 2 aromatic carbocycles. The highest BCUT2D eigenvalue weighted by Crippen LogP contribution is 2.16. The smallest absolute Gasteiger partial charge is 0.257 e. The van der Waals surface area contributed by atoms with Gasteiger partial charge in [-0.05, 0) is 67.5 Å². The third-order valence-corrected chi connectivity index (χ3v) is 5.33. The number of carbonyl (C=O) groups excluding carboxylic acids is 2. The summed E-state index contributed by atoms with van der Waals surface area (Å²) in [6.07, 6.45) is 4.46. The van der Waals surface area contributed by atoms with E-state index in [0.717, 1.165) is 30.4 Å². The minimum absolute atomic E-state index is 0.0374. The SMILES string of the molecule is O=C(NC(=S)Nc1cccc(C(=O)N2CCCCCC2)c1)c1ccc(Br)cc1. The van der Waals surface area contributed by atoms with Crippen LogP contribution >= 0.6 is 28.1 Å². The summed E-state index contributed by atoms with van der Waals surface area (Å²) < 4.78 is 0.899. The predicted molar refractivity (Wildman–Crippen MR) is 119 cm³/mol. The second kappa shape index (κ2) is 9.80. The fourth-order valence-corrected chi connectivity index (χ4v) is 3.60. The molecular weight excluding hydrogens is 438 g/mol. The Morgan fingerprint density at radius 2 is 1.61 bits per heavy atom. The molecule has 2 N–H and O–H groups in total. The molecule has 0 spiro atoms. The summed E-state index contributed by atoms with van der Waals surface area (Å²) in [5.74, 6) is -0.253. The molecule has 3 rings (SSSR count). The number of nitrogens with zero attached hydrogens (tertiary/aromatic N) is 1. The van der Waals surface area contributed by atoms with Crippen molar-refractivity contribution in [2.45, 2.75) is 25.7 Å². The van der Waals surface area contributed by atoms with Gasteiger partial charge in [-0.25, -0.2) is 0 Å². The van der Waals surface area contributed by atoms with Crippen LogP contribution in [-0.2, 0) is 0 Å². The van der Waals surface area contributed by atoms with Crippen LogP contribution in [0.3, 0.4) is 0 Å². The fourth-order valence-electron chi connectivity index (χ4n) is 3.13. The maximum atomic E-state index is 12.8. The van der Waals surface area contributed by atoms with Crippen molar-refractivity contribution in [2.24, 2.45) is 0 Å². The highest BCUT2D eigenvalue weighted by atomic mass is 79.9. The number of hydrogen-bond acceptors (Lipinski definition) is 3. The van der Waals surface area contributed by atoms with Crippen LogP contribution in [-0.4, -0.2) is 34.9 Å². The lowest BCUT2D eigenvalue weighted by Gasteiger charge is -2.20. The Balaban J connectivity index is 1.61. The lowest BCUT2D eigenvalue weighted by molar-refractivity contribution is 0.0761. The molecule has 0 unspecified atom stereocenters. The quantitative estimate of drug-likeness (QED) is 0.658. The number of hydrogen-bond donors (Lipinski definition) is 2. The maximum absolute atomic E-state index is 12.8. The summed E-state index contributed by atoms with van der Waals surface area (Å²) in [5.41, 5.74) is 1.80. The van der Waals surface area contributed by atoms with E-state index in [0.29, 0.717) is 16.8 Å². The zero-order chi connectivity index (χ0) is 19.9. The van der Waals surface area contributed by atoms with Gasteiger partial charge in [0.25, 0.3) is 11.8 Å². The molecule has 1 fully saturated rings. The Labute approximate surface area is 178 Å². The highest BCUT2D eigenvalue weighted by Gasteiger charge is 2.17. The van der Waals surface area contributed by atoms with E-state index in [1.54, 1.807) is 30.3 Å². The third kappa shape index (κ3) is 5.62. The van der Waals surface area contributed by atoms with E-state index < -0.39 is 0 Å². The fraction of sp³-hybridized carbons (Fsp3) is 0.286. The molecule has 1 heterocycles. The van der Waals surface area contributed by atoms with Crippen LogP contribution in [0.1, 0.15) is 46.4 Å². The topological polar surface area (TPSA) is 61.4 Å². The van der Waals surface area contributed by atoms with Crippen molar-refractivity contribution in [1.82, 2.24) is 10.2 Å². The van der Waals surface area contributed by atoms with Crippen molar-refractivity contribution in [3.63, 3.8) is 0 Å². The van der Waals surface area contributed by atoms with Gasteiger partial charge in [-0.1, -0.05) is 34.8 Å². The molecule has 0 aliphatic carbocycles. The number of carbonyl (C=O) groups is 2. The normalized spacial score (nSPS) is 14.1. The number of anilines is 1. The molecule has 0 radical (unpaired) electrons. The van der Waals surface area contributed by atoms with E-state index in [4.69, 9.17) is 12.2 Å². The first kappa shape index (κ1) is 20.5. The molecule has 2 amide bonds. The standard InChI is InChI=1S/C21H22BrN3O2S/c22-17-10-8-15(9-11-17)19(26)24-21(28)23-18-7-5-6-16(14-18)20(27)25-12-3-1-2-4-13-25/h5-11,14H,1-4,12-13H2,(H2,23,24,26,28). The van der Waals surface area contributed by atoms with Gasteiger partial charge in [-0.15, -0.1) is 0 Å². The molecule has 1 aliphatic rings. The average Bonchev–Trinajstić information content (AvgIpc) is 2.97. The van der Waals surface area contributed by atoms with Crippen molar-refractivity contribution < 1.29 is 9.59 Å². The minimum atomic E-state index is -0.290. The molecule has 0 atom stereocenters. The van der Waals surface area contributed by atoms with E-state index in [1.807, 2.05) is 23.1 Å². The van der Waals surface area contributed by atoms with Crippen molar-refractivity contribution in [1.29, 1.82) is 0 Å². The van der Waals surface area contributed by atoms with Crippen LogP contribution in [0, 0.1) is 0 Å². The molecule has 0 bridgehead atoms. The second-order valence-corrected chi connectivity index (χ2v) is 8.03. The van der Waals surface area contributed by atoms with Crippen LogP contribution in [0.2, 0.25) is 0 Å². The Bertz CT molecular complexity index is 862. The molecule has 5 nitrogen and oxygen atoms in total. The van der Waals surface area contributed by atoms with E-state index >= 15 is 0 Å². The first-order chi connectivity index (χ1) is 13.5. The van der Waals surface area contributed by atoms with Gasteiger partial charge >= 0.3 is 0 Å². The monoisotopic (exact) mass is 459 g/mol. The van der Waals surface area contributed by atoms with Gasteiger partial charge in [0.15, 0.2) is 5.11 Å². The third-order valence-electron chi connectivity index (χ3n) is 4.59. The molecule has 2 aromatic rings. The van der Waals surface area contributed by atoms with Crippen LogP contribution < -0.4 is 10.6 Å². The van der Waals surface area contributed by atoms with Crippen LogP contribution in [0.25, 0.3) is 0 Å². The molecule has 7 heteroatoms. The second-order valence-electron chi connectivity index (χ2n) is 6.70. The van der Waals surface area contributed by atoms with Crippen LogP contribution in [0.5, 0.6) is 0 Å². The van der Waals surface area contributed by atoms with Gasteiger partial charge in [0, 0.05) is 34.4 Å². The van der Waals surface area contributed by atoms with Gasteiger partial charge in [0.1, 0.15) is 0 Å². The molecule has 0 aromatic heterocycles. The predicted octanol–water partition coefficient (Wildman–Crippen LogP) is 4.59. The van der Waals surface area contributed by atoms with Crippen molar-refractivity contribution in [3.05, 3.63) is 64.1 Å². The van der Waals surface area contributed by atoms with E-state index in [1.165, 1.54) is 12.8 Å². The zero-order valence-electron chi connectivity index (χ0n) is 15.4. The molecule has 1 saturated heterocycles. The van der Waals surface area contributed by atoms with Crippen LogP contribution in [0.4, 0.5) is 5.69 Å². The molecule has 1 aliphatic heterocycles. The number of thiocarbonyl (C=S) groups is 1. The number of benzene rings is 2. The van der Waals surface area contributed by atoms with Gasteiger partial charge < -0.3 is 10.2 Å². The van der Waals surface area contributed by atoms with Crippen molar-refractivity contribution >= 4 is 50.8 Å². The molecule has 0 saturated carbocycles. The number of amides is 2. The number of likely N-dealkylation sites (tertiary alicyclic amines) is 1. The average molecular weight is 460 g/mol. The van der Waals surface area contributed by atoms with Gasteiger partial charge in [0.05, 0.1) is 0 Å². The van der Waals surface area contributed by atoms with Gasteiger partial charge in [-0.3, -0.25) is 14.9 Å². The zero-order valence-corrected chi connectivity index (χ0v) is 17.8. The van der Waals surface area contributed by atoms with Crippen molar-refractivity contribution in [3.8, 4) is 0 Å². The largest absolute Gasteiger partial charge is 0.339 e. The van der Waals surface area contributed by atoms with Gasteiger partial charge in [0.2, 0.25) is 0 Å².